The van der Waals surface area contributed by atoms with Crippen molar-refractivity contribution >= 4 is 34.7 Å². The first-order chi connectivity index (χ1) is 20.2. The number of likely N-dealkylation sites (N-methyl/N-ethyl adjacent to an activating group) is 1. The Balaban J connectivity index is 1.37. The second-order valence-corrected chi connectivity index (χ2v) is 11.8. The van der Waals surface area contributed by atoms with Crippen LogP contribution in [-0.2, 0) is 4.74 Å². The third kappa shape index (κ3) is 7.55. The third-order valence-electron chi connectivity index (χ3n) is 7.30. The van der Waals surface area contributed by atoms with Gasteiger partial charge in [0.15, 0.2) is 0 Å². The fourth-order valence-corrected chi connectivity index (χ4v) is 5.13. The first-order valence-corrected chi connectivity index (χ1v) is 14.6. The van der Waals surface area contributed by atoms with Crippen LogP contribution in [0.2, 0.25) is 0 Å². The van der Waals surface area contributed by atoms with E-state index in [1.165, 1.54) is 0 Å². The van der Waals surface area contributed by atoms with Gasteiger partial charge in [-0.3, -0.25) is 5.32 Å². The van der Waals surface area contributed by atoms with Crippen LogP contribution < -0.4 is 29.9 Å². The van der Waals surface area contributed by atoms with Crippen molar-refractivity contribution in [3.05, 3.63) is 54.6 Å². The van der Waals surface area contributed by atoms with E-state index in [9.17, 15) is 4.79 Å². The van der Waals surface area contributed by atoms with E-state index < -0.39 is 11.7 Å². The molecule has 10 heteroatoms. The standard InChI is InChI=1S/C32H42N6O4/c1-32(2,3)42-31(39)33-23-9-8-10-25(21-23)41-30-27(38-15-6-7-16-38)13-14-29(35-30)34-26-12-11-24(22-28(26)40-5)37-19-17-36(4)18-20-37/h8-14,21-22H,6-7,15-20H2,1-5H3,(H,33,39)(H,34,35). The molecule has 0 atom stereocenters. The molecule has 2 aliphatic heterocycles. The largest absolute Gasteiger partial charge is 0.494 e. The highest BCUT2D eigenvalue weighted by molar-refractivity contribution is 5.85. The summed E-state index contributed by atoms with van der Waals surface area (Å²) in [5.41, 5.74) is 2.89. The molecule has 2 N–H and O–H groups in total. The number of carbonyl (C=O) groups is 1. The Morgan fingerprint density at radius 2 is 1.67 bits per heavy atom. The van der Waals surface area contributed by atoms with Crippen molar-refractivity contribution in [2.24, 2.45) is 0 Å². The van der Waals surface area contributed by atoms with Gasteiger partial charge in [0.05, 0.1) is 12.8 Å². The molecule has 10 nitrogen and oxygen atoms in total. The van der Waals surface area contributed by atoms with Crippen LogP contribution in [0.3, 0.4) is 0 Å². The molecular weight excluding hydrogens is 532 g/mol. The molecule has 0 radical (unpaired) electrons. The smallest absolute Gasteiger partial charge is 0.412 e. The van der Waals surface area contributed by atoms with Gasteiger partial charge in [0.1, 0.15) is 28.6 Å². The molecule has 2 aromatic carbocycles. The summed E-state index contributed by atoms with van der Waals surface area (Å²) in [5, 5.41) is 6.21. The van der Waals surface area contributed by atoms with E-state index in [-0.39, 0.29) is 0 Å². The first kappa shape index (κ1) is 29.3. The van der Waals surface area contributed by atoms with Gasteiger partial charge in [-0.25, -0.2) is 4.79 Å². The topological polar surface area (TPSA) is 91.4 Å². The van der Waals surface area contributed by atoms with Crippen LogP contribution in [0, 0.1) is 0 Å². The number of nitrogens with one attached hydrogen (secondary N) is 2. The summed E-state index contributed by atoms with van der Waals surface area (Å²) < 4.78 is 17.5. The highest BCUT2D eigenvalue weighted by Crippen LogP contribution is 2.37. The van der Waals surface area contributed by atoms with Crippen LogP contribution in [0.5, 0.6) is 17.4 Å². The van der Waals surface area contributed by atoms with E-state index in [0.717, 1.165) is 74.9 Å². The van der Waals surface area contributed by atoms with Crippen LogP contribution >= 0.6 is 0 Å². The zero-order chi connectivity index (χ0) is 29.7. The van der Waals surface area contributed by atoms with Gasteiger partial charge >= 0.3 is 6.09 Å². The Morgan fingerprint density at radius 1 is 0.905 bits per heavy atom. The number of piperazine rings is 1. The number of amides is 1. The average molecular weight is 575 g/mol. The number of methoxy groups -OCH3 is 1. The SMILES string of the molecule is COc1cc(N2CCN(C)CC2)ccc1Nc1ccc(N2CCCC2)c(Oc2cccc(NC(=O)OC(C)(C)C)c2)n1. The second-order valence-electron chi connectivity index (χ2n) is 11.8. The maximum Gasteiger partial charge on any atom is 0.412 e. The van der Waals surface area contributed by atoms with E-state index in [2.05, 4.69) is 44.5 Å². The molecule has 2 aliphatic rings. The van der Waals surface area contributed by atoms with Crippen molar-refractivity contribution in [2.75, 3.05) is 73.9 Å². The molecular formula is C32H42N6O4. The molecule has 0 unspecified atom stereocenters. The molecule has 5 rings (SSSR count). The van der Waals surface area contributed by atoms with Crippen LogP contribution in [0.15, 0.2) is 54.6 Å². The van der Waals surface area contributed by atoms with E-state index >= 15 is 0 Å². The normalized spacial score (nSPS) is 15.8. The van der Waals surface area contributed by atoms with E-state index in [4.69, 9.17) is 19.2 Å². The van der Waals surface area contributed by atoms with Crippen LogP contribution in [0.25, 0.3) is 0 Å². The van der Waals surface area contributed by atoms with E-state index in [1.54, 1.807) is 19.2 Å². The molecule has 1 amide bonds. The molecule has 2 saturated heterocycles. The minimum absolute atomic E-state index is 0.490. The van der Waals surface area contributed by atoms with E-state index in [1.807, 2.05) is 51.1 Å². The predicted molar refractivity (Wildman–Crippen MR) is 168 cm³/mol. The number of rotatable bonds is 8. The summed E-state index contributed by atoms with van der Waals surface area (Å²) in [6.45, 7) is 11.4. The lowest BCUT2D eigenvalue weighted by molar-refractivity contribution is 0.0636. The molecule has 0 aliphatic carbocycles. The number of nitrogens with zero attached hydrogens (tertiary/aromatic N) is 4. The Labute approximate surface area is 248 Å². The summed E-state index contributed by atoms with van der Waals surface area (Å²) >= 11 is 0. The zero-order valence-electron chi connectivity index (χ0n) is 25.3. The van der Waals surface area contributed by atoms with Gasteiger partial charge in [-0.2, -0.15) is 4.98 Å². The lowest BCUT2D eigenvalue weighted by Crippen LogP contribution is -2.44. The van der Waals surface area contributed by atoms with Crippen LogP contribution in [0.1, 0.15) is 33.6 Å². The first-order valence-electron chi connectivity index (χ1n) is 14.6. The maximum absolute atomic E-state index is 12.3. The van der Waals surface area contributed by atoms with Crippen molar-refractivity contribution in [1.82, 2.24) is 9.88 Å². The van der Waals surface area contributed by atoms with Gasteiger partial charge in [0.2, 0.25) is 5.88 Å². The second kappa shape index (κ2) is 12.8. The van der Waals surface area contributed by atoms with Crippen molar-refractivity contribution in [3.8, 4) is 17.4 Å². The van der Waals surface area contributed by atoms with E-state index in [0.29, 0.717) is 23.1 Å². The van der Waals surface area contributed by atoms with Gasteiger partial charge in [-0.1, -0.05) is 6.07 Å². The summed E-state index contributed by atoms with van der Waals surface area (Å²) in [7, 11) is 3.84. The Kier molecular flexibility index (Phi) is 8.91. The fraction of sp³-hybridized carbons (Fsp3) is 0.438. The number of carbonyl (C=O) groups excluding carboxylic acids is 1. The number of pyridine rings is 1. The molecule has 42 heavy (non-hydrogen) atoms. The number of hydrogen-bond acceptors (Lipinski definition) is 9. The maximum atomic E-state index is 12.3. The summed E-state index contributed by atoms with van der Waals surface area (Å²) in [6, 6.07) is 17.5. The zero-order valence-corrected chi connectivity index (χ0v) is 25.3. The van der Waals surface area contributed by atoms with Crippen molar-refractivity contribution < 1.29 is 19.0 Å². The van der Waals surface area contributed by atoms with Gasteiger partial charge in [-0.05, 0) is 77.1 Å². The van der Waals surface area contributed by atoms with Gasteiger partial charge in [0, 0.05) is 62.8 Å². The molecule has 1 aromatic heterocycles. The fourth-order valence-electron chi connectivity index (χ4n) is 5.13. The monoisotopic (exact) mass is 574 g/mol. The van der Waals surface area contributed by atoms with Crippen LogP contribution in [-0.4, -0.2) is 75.0 Å². The third-order valence-corrected chi connectivity index (χ3v) is 7.30. The Bertz CT molecular complexity index is 1380. The number of aromatic nitrogens is 1. The van der Waals surface area contributed by atoms with Gasteiger partial charge < -0.3 is 34.2 Å². The van der Waals surface area contributed by atoms with Gasteiger partial charge in [0.25, 0.3) is 0 Å². The molecule has 0 spiro atoms. The summed E-state index contributed by atoms with van der Waals surface area (Å²) in [5.74, 6) is 2.44. The molecule has 3 heterocycles. The minimum Gasteiger partial charge on any atom is -0.494 e. The van der Waals surface area contributed by atoms with Crippen molar-refractivity contribution in [2.45, 2.75) is 39.2 Å². The molecule has 2 fully saturated rings. The Morgan fingerprint density at radius 3 is 2.38 bits per heavy atom. The lowest BCUT2D eigenvalue weighted by Gasteiger charge is -2.34. The van der Waals surface area contributed by atoms with Gasteiger partial charge in [-0.15, -0.1) is 0 Å². The quantitative estimate of drug-likeness (QED) is 0.320. The summed E-state index contributed by atoms with van der Waals surface area (Å²) in [4.78, 5) is 24.2. The minimum atomic E-state index is -0.590. The highest BCUT2D eigenvalue weighted by atomic mass is 16.6. The molecule has 3 aromatic rings. The number of benzene rings is 2. The summed E-state index contributed by atoms with van der Waals surface area (Å²) in [6.07, 6.45) is 1.74. The van der Waals surface area contributed by atoms with Crippen molar-refractivity contribution in [3.63, 3.8) is 0 Å². The number of anilines is 5. The molecule has 0 saturated carbocycles. The Hall–Kier alpha value is -4.18. The molecule has 224 valence electrons. The number of hydrogen-bond donors (Lipinski definition) is 2. The number of ether oxygens (including phenoxy) is 3. The highest BCUT2D eigenvalue weighted by Gasteiger charge is 2.21. The van der Waals surface area contributed by atoms with Crippen molar-refractivity contribution in [1.29, 1.82) is 0 Å². The lowest BCUT2D eigenvalue weighted by atomic mass is 10.2. The average Bonchev–Trinajstić information content (AvgIpc) is 3.48. The predicted octanol–water partition coefficient (Wildman–Crippen LogP) is 6.33. The van der Waals surface area contributed by atoms with Crippen LogP contribution in [0.4, 0.5) is 33.4 Å². The molecule has 0 bridgehead atoms.